The molecule has 1 amide bonds. The molecule has 19 heavy (non-hydrogen) atoms. The normalized spacial score (nSPS) is 12.4. The van der Waals surface area contributed by atoms with E-state index in [1.165, 1.54) is 11.8 Å². The van der Waals surface area contributed by atoms with Crippen LogP contribution in [0.15, 0.2) is 11.5 Å². The second-order valence-corrected chi connectivity index (χ2v) is 5.00. The summed E-state index contributed by atoms with van der Waals surface area (Å²) >= 11 is 1.20. The molecule has 1 aromatic heterocycles. The van der Waals surface area contributed by atoms with Crippen LogP contribution < -0.4 is 5.32 Å². The van der Waals surface area contributed by atoms with Crippen molar-refractivity contribution in [2.24, 2.45) is 0 Å². The number of carbonyl (C=O) groups is 2. The summed E-state index contributed by atoms with van der Waals surface area (Å²) in [5.74, 6) is -1.66. The number of carboxylic acid groups (broad SMARTS) is 1. The van der Waals surface area contributed by atoms with Gasteiger partial charge in [0, 0.05) is 6.04 Å². The second kappa shape index (κ2) is 7.10. The largest absolute Gasteiger partial charge is 0.479 e. The standard InChI is InChI=1S/C10H16N4O4S/c1-6(2)14-5-12-13-10(14)19-4-8(16)11-3-7(15)9(17)18/h5-7,15H,3-4H2,1-2H3,(H,11,16)(H,17,18). The molecule has 0 saturated carbocycles. The Labute approximate surface area is 114 Å². The molecule has 0 aliphatic heterocycles. The molecule has 3 N–H and O–H groups in total. The van der Waals surface area contributed by atoms with Gasteiger partial charge in [-0.2, -0.15) is 0 Å². The van der Waals surface area contributed by atoms with Crippen molar-refractivity contribution < 1.29 is 19.8 Å². The Morgan fingerprint density at radius 1 is 1.53 bits per heavy atom. The molecule has 106 valence electrons. The van der Waals surface area contributed by atoms with Gasteiger partial charge in [-0.1, -0.05) is 11.8 Å². The van der Waals surface area contributed by atoms with Crippen LogP contribution in [0.2, 0.25) is 0 Å². The molecule has 0 spiro atoms. The van der Waals surface area contributed by atoms with Crippen LogP contribution in [0.4, 0.5) is 0 Å². The van der Waals surface area contributed by atoms with Crippen molar-refractivity contribution in [3.05, 3.63) is 6.33 Å². The van der Waals surface area contributed by atoms with E-state index in [4.69, 9.17) is 10.2 Å². The molecule has 1 atom stereocenters. The van der Waals surface area contributed by atoms with Gasteiger partial charge in [-0.15, -0.1) is 10.2 Å². The first-order chi connectivity index (χ1) is 8.91. The van der Waals surface area contributed by atoms with Crippen LogP contribution in [0.5, 0.6) is 0 Å². The van der Waals surface area contributed by atoms with Crippen molar-refractivity contribution >= 4 is 23.6 Å². The summed E-state index contributed by atoms with van der Waals surface area (Å²) in [5.41, 5.74) is 0. The average molecular weight is 288 g/mol. The van der Waals surface area contributed by atoms with Crippen LogP contribution in [0.1, 0.15) is 19.9 Å². The minimum Gasteiger partial charge on any atom is -0.479 e. The Morgan fingerprint density at radius 3 is 2.79 bits per heavy atom. The molecule has 1 unspecified atom stereocenters. The number of hydrogen-bond donors (Lipinski definition) is 3. The highest BCUT2D eigenvalue weighted by atomic mass is 32.2. The smallest absolute Gasteiger partial charge is 0.334 e. The molecule has 1 rings (SSSR count). The third-order valence-electron chi connectivity index (χ3n) is 2.21. The first-order valence-electron chi connectivity index (χ1n) is 5.61. The number of carbonyl (C=O) groups excluding carboxylic acids is 1. The predicted octanol–water partition coefficient (Wildman–Crippen LogP) is -0.487. The number of aliphatic carboxylic acids is 1. The number of thioether (sulfide) groups is 1. The van der Waals surface area contributed by atoms with Gasteiger partial charge in [0.2, 0.25) is 5.91 Å². The van der Waals surface area contributed by atoms with Gasteiger partial charge < -0.3 is 20.1 Å². The maximum absolute atomic E-state index is 11.5. The number of amides is 1. The Kier molecular flexibility index (Phi) is 5.77. The van der Waals surface area contributed by atoms with Gasteiger partial charge in [-0.3, -0.25) is 4.79 Å². The number of nitrogens with zero attached hydrogens (tertiary/aromatic N) is 3. The van der Waals surface area contributed by atoms with Gasteiger partial charge in [0.1, 0.15) is 6.33 Å². The Hall–Kier alpha value is -1.61. The fraction of sp³-hybridized carbons (Fsp3) is 0.600. The van der Waals surface area contributed by atoms with E-state index < -0.39 is 12.1 Å². The van der Waals surface area contributed by atoms with E-state index in [9.17, 15) is 9.59 Å². The molecular formula is C10H16N4O4S. The highest BCUT2D eigenvalue weighted by molar-refractivity contribution is 7.99. The molecule has 0 bridgehead atoms. The lowest BCUT2D eigenvalue weighted by Gasteiger charge is -2.10. The van der Waals surface area contributed by atoms with Crippen molar-refractivity contribution in [3.63, 3.8) is 0 Å². The van der Waals surface area contributed by atoms with Crippen molar-refractivity contribution in [3.8, 4) is 0 Å². The minimum atomic E-state index is -1.59. The average Bonchev–Trinajstić information content (AvgIpc) is 2.81. The van der Waals surface area contributed by atoms with E-state index >= 15 is 0 Å². The van der Waals surface area contributed by atoms with Crippen LogP contribution >= 0.6 is 11.8 Å². The van der Waals surface area contributed by atoms with Crippen molar-refractivity contribution in [1.82, 2.24) is 20.1 Å². The lowest BCUT2D eigenvalue weighted by molar-refractivity contribution is -0.146. The monoisotopic (exact) mass is 288 g/mol. The summed E-state index contributed by atoms with van der Waals surface area (Å²) in [4.78, 5) is 21.8. The summed E-state index contributed by atoms with van der Waals surface area (Å²) in [6.45, 7) is 3.62. The SMILES string of the molecule is CC(C)n1cnnc1SCC(=O)NCC(O)C(=O)O. The highest BCUT2D eigenvalue weighted by Gasteiger charge is 2.15. The molecular weight excluding hydrogens is 272 g/mol. The van der Waals surface area contributed by atoms with Gasteiger partial charge in [0.25, 0.3) is 0 Å². The zero-order valence-corrected chi connectivity index (χ0v) is 11.4. The van der Waals surface area contributed by atoms with Crippen LogP contribution in [0, 0.1) is 0 Å². The fourth-order valence-corrected chi connectivity index (χ4v) is 2.04. The summed E-state index contributed by atoms with van der Waals surface area (Å²) in [6.07, 6.45) is -0.00714. The van der Waals surface area contributed by atoms with Gasteiger partial charge >= 0.3 is 5.97 Å². The number of aliphatic hydroxyl groups is 1. The van der Waals surface area contributed by atoms with Gasteiger partial charge in [0.05, 0.1) is 12.3 Å². The number of hydrogen-bond acceptors (Lipinski definition) is 6. The van der Waals surface area contributed by atoms with Gasteiger partial charge in [-0.05, 0) is 13.8 Å². The fourth-order valence-electron chi connectivity index (χ4n) is 1.17. The Morgan fingerprint density at radius 2 is 2.21 bits per heavy atom. The number of rotatable bonds is 7. The molecule has 1 aromatic rings. The first-order valence-corrected chi connectivity index (χ1v) is 6.60. The predicted molar refractivity (Wildman–Crippen MR) is 67.8 cm³/mol. The van der Waals surface area contributed by atoms with Crippen molar-refractivity contribution in [2.45, 2.75) is 31.1 Å². The molecule has 0 fully saturated rings. The van der Waals surface area contributed by atoms with E-state index in [2.05, 4.69) is 15.5 Å². The Balaban J connectivity index is 2.38. The molecule has 0 aliphatic carbocycles. The lowest BCUT2D eigenvalue weighted by Crippen LogP contribution is -2.37. The maximum atomic E-state index is 11.5. The first kappa shape index (κ1) is 15.4. The number of carboxylic acids is 1. The Bertz CT molecular complexity index is 448. The molecule has 0 aliphatic rings. The third-order valence-corrected chi connectivity index (χ3v) is 3.16. The minimum absolute atomic E-state index is 0.0811. The van der Waals surface area contributed by atoms with Crippen LogP contribution in [0.25, 0.3) is 0 Å². The molecule has 0 saturated heterocycles. The zero-order valence-electron chi connectivity index (χ0n) is 10.6. The third kappa shape index (κ3) is 4.87. The number of nitrogens with one attached hydrogen (secondary N) is 1. The molecule has 0 aromatic carbocycles. The number of aliphatic hydroxyl groups excluding tert-OH is 1. The summed E-state index contributed by atoms with van der Waals surface area (Å²) in [7, 11) is 0. The van der Waals surface area contributed by atoms with Crippen molar-refractivity contribution in [1.29, 1.82) is 0 Å². The van der Waals surface area contributed by atoms with Crippen molar-refractivity contribution in [2.75, 3.05) is 12.3 Å². The van der Waals surface area contributed by atoms with E-state index in [0.29, 0.717) is 5.16 Å². The van der Waals surface area contributed by atoms with Crippen LogP contribution in [0.3, 0.4) is 0 Å². The topological polar surface area (TPSA) is 117 Å². The van der Waals surface area contributed by atoms with Crippen LogP contribution in [-0.4, -0.2) is 55.3 Å². The zero-order chi connectivity index (χ0) is 14.4. The molecule has 0 radical (unpaired) electrons. The quantitative estimate of drug-likeness (QED) is 0.580. The summed E-state index contributed by atoms with van der Waals surface area (Å²) < 4.78 is 1.82. The lowest BCUT2D eigenvalue weighted by atomic mass is 10.3. The number of aromatic nitrogens is 3. The van der Waals surface area contributed by atoms with E-state index in [0.717, 1.165) is 0 Å². The molecule has 9 heteroatoms. The van der Waals surface area contributed by atoms with E-state index in [1.807, 2.05) is 18.4 Å². The second-order valence-electron chi connectivity index (χ2n) is 4.06. The highest BCUT2D eigenvalue weighted by Crippen LogP contribution is 2.18. The summed E-state index contributed by atoms with van der Waals surface area (Å²) in [5, 5.41) is 28.0. The van der Waals surface area contributed by atoms with Crippen LogP contribution in [-0.2, 0) is 9.59 Å². The molecule has 8 nitrogen and oxygen atoms in total. The molecule has 1 heterocycles. The van der Waals surface area contributed by atoms with Gasteiger partial charge in [0.15, 0.2) is 11.3 Å². The summed E-state index contributed by atoms with van der Waals surface area (Å²) in [6, 6.07) is 0.189. The van der Waals surface area contributed by atoms with E-state index in [1.54, 1.807) is 6.33 Å². The van der Waals surface area contributed by atoms with Gasteiger partial charge in [-0.25, -0.2) is 4.79 Å². The van der Waals surface area contributed by atoms with E-state index in [-0.39, 0.29) is 24.2 Å². The maximum Gasteiger partial charge on any atom is 0.334 e.